The number of rotatable bonds is 8. The molecule has 0 atom stereocenters. The summed E-state index contributed by atoms with van der Waals surface area (Å²) < 4.78 is 54.7. The number of hydrogen-bond acceptors (Lipinski definition) is 7. The molecule has 2 aliphatic heterocycles. The number of carbonyl (C=O) groups excluding carboxylic acids is 2. The average Bonchev–Trinajstić information content (AvgIpc) is 3.79. The summed E-state index contributed by atoms with van der Waals surface area (Å²) in [6.07, 6.45) is 0. The van der Waals surface area contributed by atoms with E-state index in [1.165, 1.54) is 42.5 Å². The molecule has 3 aromatic heterocycles. The first-order valence-electron chi connectivity index (χ1n) is 17.3. The van der Waals surface area contributed by atoms with E-state index in [4.69, 9.17) is 9.47 Å². The Labute approximate surface area is 316 Å². The van der Waals surface area contributed by atoms with Gasteiger partial charge in [-0.15, -0.1) is 0 Å². The second-order valence-corrected chi connectivity index (χ2v) is 12.8. The van der Waals surface area contributed by atoms with Crippen molar-refractivity contribution in [2.45, 2.75) is 53.7 Å². The van der Waals surface area contributed by atoms with Crippen LogP contribution in [0.15, 0.2) is 103 Å². The lowest BCUT2D eigenvalue weighted by Crippen LogP contribution is -2.38. The van der Waals surface area contributed by atoms with Gasteiger partial charge in [0, 0.05) is 36.5 Å². The molecule has 2 amide bonds. The summed E-state index contributed by atoms with van der Waals surface area (Å²) >= 11 is 0. The number of halogens is 3. The van der Waals surface area contributed by atoms with Gasteiger partial charge in [0.2, 0.25) is 0 Å². The Balaban J connectivity index is 0.000000184. The zero-order valence-electron chi connectivity index (χ0n) is 29.4. The molecule has 6 aromatic rings. The molecule has 0 aliphatic carbocycles. The summed E-state index contributed by atoms with van der Waals surface area (Å²) in [5.41, 5.74) is 4.88. The molecule has 5 heterocycles. The summed E-state index contributed by atoms with van der Waals surface area (Å²) in [7, 11) is 0. The molecular formula is C41H40F3N7O4. The van der Waals surface area contributed by atoms with Crippen LogP contribution in [0.25, 0.3) is 0 Å². The third kappa shape index (κ3) is 9.57. The third-order valence-electron chi connectivity index (χ3n) is 8.82. The topological polar surface area (TPSA) is 108 Å². The normalized spacial score (nSPS) is 13.1. The number of hydrogen-bond donors (Lipinski definition) is 0. The number of fused-ring (bicyclic) bond motifs is 2. The van der Waals surface area contributed by atoms with Crippen molar-refractivity contribution in [2.24, 2.45) is 0 Å². The van der Waals surface area contributed by atoms with E-state index in [0.29, 0.717) is 67.7 Å². The predicted octanol–water partition coefficient (Wildman–Crippen LogP) is 6.99. The maximum Gasteiger partial charge on any atom is 0.272 e. The van der Waals surface area contributed by atoms with Crippen molar-refractivity contribution in [3.63, 3.8) is 0 Å². The van der Waals surface area contributed by atoms with Crippen molar-refractivity contribution in [2.75, 3.05) is 13.1 Å². The van der Waals surface area contributed by atoms with E-state index < -0.39 is 5.82 Å². The van der Waals surface area contributed by atoms with Gasteiger partial charge in [-0.3, -0.25) is 19.0 Å². The van der Waals surface area contributed by atoms with Crippen molar-refractivity contribution >= 4 is 11.8 Å². The van der Waals surface area contributed by atoms with Crippen LogP contribution in [0.4, 0.5) is 13.2 Å². The lowest BCUT2D eigenvalue weighted by Gasteiger charge is -2.27. The van der Waals surface area contributed by atoms with Crippen LogP contribution in [0.2, 0.25) is 0 Å². The van der Waals surface area contributed by atoms with Gasteiger partial charge >= 0.3 is 0 Å². The molecule has 0 unspecified atom stereocenters. The van der Waals surface area contributed by atoms with Crippen molar-refractivity contribution in [3.8, 4) is 11.5 Å². The molecule has 8 rings (SSSR count). The molecule has 55 heavy (non-hydrogen) atoms. The SMILES string of the molecule is C.Cc1cccc(C(=O)N2CCn3nc(COc4cccc(F)c4)cc3C2)n1.O=C(c1cccc(F)c1)N1CCn2nc(COc3cccc(F)c3)cc2C1. The van der Waals surface area contributed by atoms with E-state index in [1.54, 1.807) is 46.2 Å². The highest BCUT2D eigenvalue weighted by Gasteiger charge is 2.25. The van der Waals surface area contributed by atoms with Gasteiger partial charge in [0.15, 0.2) is 0 Å². The molecule has 284 valence electrons. The molecule has 0 saturated carbocycles. The zero-order valence-corrected chi connectivity index (χ0v) is 29.4. The van der Waals surface area contributed by atoms with Gasteiger partial charge in [-0.05, 0) is 73.7 Å². The van der Waals surface area contributed by atoms with Crippen LogP contribution < -0.4 is 9.47 Å². The Morgan fingerprint density at radius 1 is 0.618 bits per heavy atom. The molecule has 2 aliphatic rings. The Hall–Kier alpha value is -6.44. The summed E-state index contributed by atoms with van der Waals surface area (Å²) in [6.45, 7) is 5.43. The van der Waals surface area contributed by atoms with Crippen LogP contribution in [-0.2, 0) is 39.4 Å². The Morgan fingerprint density at radius 3 is 1.62 bits per heavy atom. The number of amides is 2. The first-order chi connectivity index (χ1) is 26.2. The molecule has 11 nitrogen and oxygen atoms in total. The summed E-state index contributed by atoms with van der Waals surface area (Å²) in [6, 6.07) is 26.9. The highest BCUT2D eigenvalue weighted by atomic mass is 19.1. The minimum atomic E-state index is -0.431. The molecule has 0 radical (unpaired) electrons. The minimum absolute atomic E-state index is 0. The van der Waals surface area contributed by atoms with E-state index in [0.717, 1.165) is 22.8 Å². The number of aryl methyl sites for hydroxylation is 1. The Kier molecular flexibility index (Phi) is 11.9. The number of aromatic nitrogens is 5. The van der Waals surface area contributed by atoms with Crippen LogP contribution in [0, 0.1) is 24.4 Å². The Morgan fingerprint density at radius 2 is 1.11 bits per heavy atom. The van der Waals surface area contributed by atoms with Gasteiger partial charge in [-0.2, -0.15) is 10.2 Å². The molecule has 14 heteroatoms. The summed E-state index contributed by atoms with van der Waals surface area (Å²) in [4.78, 5) is 33.0. The smallest absolute Gasteiger partial charge is 0.272 e. The number of carbonyl (C=O) groups is 2. The molecule has 0 spiro atoms. The average molecular weight is 752 g/mol. The highest BCUT2D eigenvalue weighted by Crippen LogP contribution is 2.21. The molecule has 0 N–H and O–H groups in total. The van der Waals surface area contributed by atoms with Crippen LogP contribution >= 0.6 is 0 Å². The van der Waals surface area contributed by atoms with E-state index >= 15 is 0 Å². The van der Waals surface area contributed by atoms with Crippen LogP contribution in [-0.4, -0.2) is 59.2 Å². The van der Waals surface area contributed by atoms with Gasteiger partial charge in [-0.1, -0.05) is 31.7 Å². The van der Waals surface area contributed by atoms with Gasteiger partial charge in [0.25, 0.3) is 11.8 Å². The first-order valence-corrected chi connectivity index (χ1v) is 17.3. The predicted molar refractivity (Wildman–Crippen MR) is 198 cm³/mol. The fourth-order valence-electron chi connectivity index (χ4n) is 6.20. The van der Waals surface area contributed by atoms with Crippen molar-refractivity contribution in [1.29, 1.82) is 0 Å². The van der Waals surface area contributed by atoms with Gasteiger partial charge in [-0.25, -0.2) is 18.2 Å². The molecular weight excluding hydrogens is 711 g/mol. The van der Waals surface area contributed by atoms with Gasteiger partial charge in [0.1, 0.15) is 59.2 Å². The minimum Gasteiger partial charge on any atom is -0.487 e. The quantitative estimate of drug-likeness (QED) is 0.165. The second-order valence-electron chi connectivity index (χ2n) is 12.8. The van der Waals surface area contributed by atoms with Crippen molar-refractivity contribution in [3.05, 3.63) is 160 Å². The zero-order chi connectivity index (χ0) is 37.6. The van der Waals surface area contributed by atoms with E-state index in [2.05, 4.69) is 15.2 Å². The fraction of sp³-hybridized carbons (Fsp3) is 0.244. The van der Waals surface area contributed by atoms with Crippen LogP contribution in [0.5, 0.6) is 11.5 Å². The van der Waals surface area contributed by atoms with E-state index in [1.807, 2.05) is 40.6 Å². The number of nitrogens with zero attached hydrogens (tertiary/aromatic N) is 7. The second kappa shape index (κ2) is 17.1. The molecule has 3 aromatic carbocycles. The maximum atomic E-state index is 13.4. The van der Waals surface area contributed by atoms with Gasteiger partial charge in [0.05, 0.1) is 37.6 Å². The molecule has 0 saturated heterocycles. The van der Waals surface area contributed by atoms with Gasteiger partial charge < -0.3 is 19.3 Å². The van der Waals surface area contributed by atoms with Crippen LogP contribution in [0.3, 0.4) is 0 Å². The first kappa shape index (κ1) is 38.3. The lowest BCUT2D eigenvalue weighted by molar-refractivity contribution is 0.0695. The van der Waals surface area contributed by atoms with Crippen molar-refractivity contribution in [1.82, 2.24) is 34.3 Å². The van der Waals surface area contributed by atoms with E-state index in [9.17, 15) is 22.8 Å². The Bertz CT molecular complexity index is 2130. The maximum absolute atomic E-state index is 13.4. The molecule has 0 fully saturated rings. The third-order valence-corrected chi connectivity index (χ3v) is 8.82. The number of pyridine rings is 1. The van der Waals surface area contributed by atoms with E-state index in [-0.39, 0.29) is 44.1 Å². The number of ether oxygens (including phenoxy) is 2. The fourth-order valence-corrected chi connectivity index (χ4v) is 6.20. The molecule has 0 bridgehead atoms. The largest absolute Gasteiger partial charge is 0.487 e. The number of benzene rings is 3. The van der Waals surface area contributed by atoms with Crippen molar-refractivity contribution < 1.29 is 32.2 Å². The lowest BCUT2D eigenvalue weighted by atomic mass is 10.1. The summed E-state index contributed by atoms with van der Waals surface area (Å²) in [5.74, 6) is -0.520. The van der Waals surface area contributed by atoms with Crippen LogP contribution in [0.1, 0.15) is 56.7 Å². The highest BCUT2D eigenvalue weighted by molar-refractivity contribution is 5.94. The summed E-state index contributed by atoms with van der Waals surface area (Å²) in [5, 5.41) is 8.98. The monoisotopic (exact) mass is 751 g/mol. The standard InChI is InChI=1S/C20H17F2N3O2.C20H19FN4O2.CH4/c21-15-4-1-3-14(9-15)20(26)24-7-8-25-18(12-24)11-17(23-25)13-27-19-6-2-5-16(22)10-19;1-14-4-2-7-19(22-14)20(26)24-8-9-25-17(12-24)11-16(23-25)13-27-18-6-3-5-15(21)10-18;/h1-6,9-11H,7-8,12-13H2;2-7,10-11H,8-9,12-13H2,1H3;1H4.